The van der Waals surface area contributed by atoms with Crippen molar-refractivity contribution in [1.82, 2.24) is 40.6 Å². The summed E-state index contributed by atoms with van der Waals surface area (Å²) in [6.07, 6.45) is 3.93. The number of aromatic amines is 1. The fourth-order valence-electron chi connectivity index (χ4n) is 10.3. The molecule has 2 saturated heterocycles. The van der Waals surface area contributed by atoms with Crippen molar-refractivity contribution in [2.24, 2.45) is 11.8 Å². The zero-order chi connectivity index (χ0) is 50.6. The minimum Gasteiger partial charge on any atom is -0.464 e. The number of esters is 1. The number of hydrogen-bond donors (Lipinski definition) is 5. The average molecular weight is 965 g/mol. The number of H-pyrrole nitrogens is 1. The summed E-state index contributed by atoms with van der Waals surface area (Å²) in [5, 5.41) is 13.4. The van der Waals surface area contributed by atoms with Crippen molar-refractivity contribution >= 4 is 51.4 Å². The lowest BCUT2D eigenvalue weighted by molar-refractivity contribution is -0.141. The van der Waals surface area contributed by atoms with Crippen molar-refractivity contribution in [1.29, 1.82) is 0 Å². The number of hydrogen-bond acceptors (Lipinski definition) is 8. The second kappa shape index (κ2) is 22.3. The van der Waals surface area contributed by atoms with Crippen LogP contribution in [0.15, 0.2) is 60.7 Å². The van der Waals surface area contributed by atoms with Gasteiger partial charge in [0.2, 0.25) is 23.6 Å². The summed E-state index contributed by atoms with van der Waals surface area (Å²) in [6, 6.07) is 14.6. The van der Waals surface area contributed by atoms with Crippen LogP contribution in [0, 0.1) is 23.5 Å². The molecule has 3 aromatic carbocycles. The predicted molar refractivity (Wildman–Crippen MR) is 269 cm³/mol. The second-order valence-corrected chi connectivity index (χ2v) is 19.8. The van der Waals surface area contributed by atoms with Gasteiger partial charge in [0.25, 0.3) is 0 Å². The largest absolute Gasteiger partial charge is 0.464 e. The average Bonchev–Trinajstić information content (AvgIpc) is 4.14. The Labute approximate surface area is 409 Å². The van der Waals surface area contributed by atoms with Crippen LogP contribution in [0.5, 0.6) is 0 Å². The summed E-state index contributed by atoms with van der Waals surface area (Å²) in [6.45, 7) is 14.0. The highest BCUT2D eigenvalue weighted by atomic mass is 19.1. The third-order valence-electron chi connectivity index (χ3n) is 14.4. The summed E-state index contributed by atoms with van der Waals surface area (Å²) in [4.78, 5) is 74.0. The van der Waals surface area contributed by atoms with Crippen LogP contribution < -0.4 is 21.3 Å². The molecule has 4 amide bonds. The highest BCUT2D eigenvalue weighted by Crippen LogP contribution is 2.40. The van der Waals surface area contributed by atoms with E-state index in [4.69, 9.17) is 4.74 Å². The minimum absolute atomic E-state index is 0.0743. The van der Waals surface area contributed by atoms with E-state index in [-0.39, 0.29) is 66.5 Å². The number of nitrogens with zero attached hydrogens (tertiary/aromatic N) is 3. The van der Waals surface area contributed by atoms with Crippen molar-refractivity contribution in [2.45, 2.75) is 130 Å². The first-order chi connectivity index (χ1) is 33.4. The molecule has 70 heavy (non-hydrogen) atoms. The summed E-state index contributed by atoms with van der Waals surface area (Å²) in [5.41, 5.74) is 6.38. The molecule has 2 aromatic heterocycles. The van der Waals surface area contributed by atoms with E-state index in [9.17, 15) is 28.4 Å². The highest BCUT2D eigenvalue weighted by Gasteiger charge is 2.39. The number of carbonyl (C=O) groups excluding carboxylic acids is 5. The number of aromatic nitrogens is 2. The van der Waals surface area contributed by atoms with Crippen molar-refractivity contribution in [3.63, 3.8) is 0 Å². The van der Waals surface area contributed by atoms with Gasteiger partial charge in [-0.15, -0.1) is 0 Å². The molecule has 16 heteroatoms. The maximum Gasteiger partial charge on any atom is 0.302 e. The van der Waals surface area contributed by atoms with Crippen LogP contribution in [-0.4, -0.2) is 119 Å². The molecule has 2 aliphatic rings. The Kier molecular flexibility index (Phi) is 16.5. The third-order valence-corrected chi connectivity index (χ3v) is 14.4. The number of nitrogens with one attached hydrogen (secondary N) is 5. The van der Waals surface area contributed by atoms with Crippen molar-refractivity contribution in [3.8, 4) is 22.5 Å². The van der Waals surface area contributed by atoms with E-state index in [1.54, 1.807) is 40.1 Å². The highest BCUT2D eigenvalue weighted by molar-refractivity contribution is 5.95. The van der Waals surface area contributed by atoms with Gasteiger partial charge in [0.1, 0.15) is 30.3 Å². The maximum absolute atomic E-state index is 15.4. The zero-order valence-corrected chi connectivity index (χ0v) is 42.0. The van der Waals surface area contributed by atoms with Crippen LogP contribution in [0.3, 0.4) is 0 Å². The molecule has 2 aliphatic heterocycles. The fraction of sp³-hybridized carbons (Fsp3) is 0.500. The molecule has 5 aromatic rings. The van der Waals surface area contributed by atoms with E-state index in [2.05, 4.69) is 30.8 Å². The Morgan fingerprint density at radius 2 is 1.20 bits per heavy atom. The lowest BCUT2D eigenvalue weighted by Crippen LogP contribution is -2.55. The van der Waals surface area contributed by atoms with Crippen LogP contribution in [0.1, 0.15) is 85.3 Å². The van der Waals surface area contributed by atoms with Gasteiger partial charge in [0, 0.05) is 59.6 Å². The van der Waals surface area contributed by atoms with E-state index < -0.39 is 36.0 Å². The lowest BCUT2D eigenvalue weighted by Gasteiger charge is -2.32. The number of likely N-dealkylation sites (N-methyl/N-ethyl adjacent to an activating group) is 2. The van der Waals surface area contributed by atoms with Gasteiger partial charge < -0.3 is 45.4 Å². The first-order valence-corrected chi connectivity index (χ1v) is 24.8. The van der Waals surface area contributed by atoms with Crippen molar-refractivity contribution < 1.29 is 37.5 Å². The number of carbonyl (C=O) groups is 5. The predicted octanol–water partition coefficient (Wildman–Crippen LogP) is 6.86. The molecule has 6 atom stereocenters. The topological polar surface area (TPSA) is 170 Å². The molecule has 376 valence electrons. The van der Waals surface area contributed by atoms with Gasteiger partial charge in [0.05, 0.1) is 24.3 Å². The summed E-state index contributed by atoms with van der Waals surface area (Å²) in [5.74, 6) is -2.32. The van der Waals surface area contributed by atoms with Crippen molar-refractivity contribution in [3.05, 3.63) is 83.4 Å². The molecule has 7 rings (SSSR count). The molecule has 0 radical (unpaired) electrons. The number of rotatable bonds is 19. The van der Waals surface area contributed by atoms with E-state index in [0.717, 1.165) is 63.8 Å². The van der Waals surface area contributed by atoms with E-state index in [1.165, 1.54) is 31.2 Å². The third kappa shape index (κ3) is 11.1. The van der Waals surface area contributed by atoms with Gasteiger partial charge in [-0.1, -0.05) is 52.0 Å². The summed E-state index contributed by atoms with van der Waals surface area (Å²) < 4.78 is 37.7. The van der Waals surface area contributed by atoms with E-state index in [1.807, 2.05) is 61.8 Å². The number of halogens is 2. The molecule has 0 bridgehead atoms. The molecule has 0 spiro atoms. The molecule has 5 N–H and O–H groups in total. The Hall–Kier alpha value is -6.13. The monoisotopic (exact) mass is 965 g/mol. The van der Waals surface area contributed by atoms with Gasteiger partial charge in [0.15, 0.2) is 0 Å². The first kappa shape index (κ1) is 51.7. The van der Waals surface area contributed by atoms with Gasteiger partial charge in [-0.2, -0.15) is 0 Å². The van der Waals surface area contributed by atoms with Gasteiger partial charge in [-0.3, -0.25) is 24.0 Å². The Balaban J connectivity index is 1.27. The standard InChI is InChI=1S/C54H70F2N8O6/c1-30(2)47(60-51(66)32(5)57-8)53(68)62-22-10-12-39(62)28-43-41-20-18-38(56)27-45(41)59-49(43)35-14-16-36(17-15-35)50-44(42-26-37(55)19-21-46(42)64(50)24-25-70-34(7)65)29-40-13-11-23-63(40)54(69)48(31(3)4)61-52(67)33(6)58-9/h14-21,26-27,30-33,39-40,47-48,57-59H,10-13,22-25,28-29H2,1-9H3,(H,60,66)(H,61,67)/t32-,33-,39+,40+,47-,48-/m0/s1. The molecular weight excluding hydrogens is 895 g/mol. The second-order valence-electron chi connectivity index (χ2n) is 19.8. The number of fused-ring (bicyclic) bond motifs is 2. The summed E-state index contributed by atoms with van der Waals surface area (Å²) in [7, 11) is 3.40. The molecule has 0 saturated carbocycles. The number of likely N-dealkylation sites (tertiary alicyclic amines) is 2. The smallest absolute Gasteiger partial charge is 0.302 e. The molecular formula is C54H70F2N8O6. The van der Waals surface area contributed by atoms with Crippen LogP contribution in [-0.2, 0) is 48.1 Å². The van der Waals surface area contributed by atoms with Crippen LogP contribution in [0.25, 0.3) is 44.3 Å². The quantitative estimate of drug-likeness (QED) is 0.0560. The maximum atomic E-state index is 15.4. The van der Waals surface area contributed by atoms with Crippen LogP contribution in [0.2, 0.25) is 0 Å². The number of amides is 4. The SMILES string of the molecule is CN[C@@H](C)C(=O)N[C@H](C(=O)N1CCC[C@@H]1Cc1c(-c2ccc(-c3c(C[C@H]4CCCN4C(=O)[C@@H](NC(=O)[C@H](C)NC)C(C)C)c4cc(F)ccc4n3CCOC(C)=O)cc2)[nH]c2cc(F)ccc12)C(C)C. The number of ether oxygens (including phenoxy) is 1. The Bertz CT molecular complexity index is 2710. The lowest BCUT2D eigenvalue weighted by atomic mass is 9.94. The zero-order valence-electron chi connectivity index (χ0n) is 42.0. The molecule has 0 unspecified atom stereocenters. The van der Waals surface area contributed by atoms with Gasteiger partial charge >= 0.3 is 5.97 Å². The molecule has 14 nitrogen and oxygen atoms in total. The summed E-state index contributed by atoms with van der Waals surface area (Å²) >= 11 is 0. The van der Waals surface area contributed by atoms with E-state index >= 15 is 4.39 Å². The van der Waals surface area contributed by atoms with Crippen molar-refractivity contribution in [2.75, 3.05) is 33.8 Å². The number of benzene rings is 3. The fourth-order valence-corrected chi connectivity index (χ4v) is 10.3. The van der Waals surface area contributed by atoms with Crippen LogP contribution in [0.4, 0.5) is 8.78 Å². The van der Waals surface area contributed by atoms with E-state index in [0.29, 0.717) is 43.3 Å². The first-order valence-electron chi connectivity index (χ1n) is 24.8. The van der Waals surface area contributed by atoms with Gasteiger partial charge in [-0.25, -0.2) is 8.78 Å². The molecule has 2 fully saturated rings. The minimum atomic E-state index is -0.737. The normalized spacial score (nSPS) is 17.9. The Morgan fingerprint density at radius 3 is 1.73 bits per heavy atom. The van der Waals surface area contributed by atoms with Crippen LogP contribution >= 0.6 is 0 Å². The molecule has 0 aliphatic carbocycles. The molecule has 4 heterocycles. The Morgan fingerprint density at radius 1 is 0.686 bits per heavy atom. The van der Waals surface area contributed by atoms with Gasteiger partial charge in [-0.05, 0) is 137 Å².